The molecule has 6 nitrogen and oxygen atoms in total. The molecule has 0 aromatic carbocycles. The Labute approximate surface area is 87.9 Å². The number of guanidine groups is 1. The van der Waals surface area contributed by atoms with E-state index in [2.05, 4.69) is 20.4 Å². The van der Waals surface area contributed by atoms with Crippen molar-refractivity contribution < 1.29 is 0 Å². The minimum absolute atomic E-state index is 0. The van der Waals surface area contributed by atoms with Gasteiger partial charge in [0.2, 0.25) is 5.96 Å². The third-order valence-corrected chi connectivity index (χ3v) is 1.54. The molecule has 0 fully saturated rings. The first-order valence-corrected chi connectivity index (χ1v) is 3.75. The molecule has 0 spiro atoms. The minimum Gasteiger partial charge on any atom is -0.369 e. The van der Waals surface area contributed by atoms with Crippen molar-refractivity contribution in [3.05, 3.63) is 17.5 Å². The van der Waals surface area contributed by atoms with Crippen molar-refractivity contribution in [2.24, 2.45) is 21.7 Å². The van der Waals surface area contributed by atoms with Crippen LogP contribution in [-0.2, 0) is 0 Å². The predicted molar refractivity (Wildman–Crippen MR) is 58.6 cm³/mol. The summed E-state index contributed by atoms with van der Waals surface area (Å²) in [5, 5.41) is 14.0. The molecule has 0 bridgehead atoms. The van der Waals surface area contributed by atoms with Crippen molar-refractivity contribution in [1.29, 1.82) is 0 Å². The summed E-state index contributed by atoms with van der Waals surface area (Å²) in [6.45, 7) is 3.71. The lowest BCUT2D eigenvalue weighted by Crippen LogP contribution is -2.22. The van der Waals surface area contributed by atoms with Crippen molar-refractivity contribution in [2.45, 2.75) is 13.8 Å². The van der Waals surface area contributed by atoms with Crippen LogP contribution in [0.3, 0.4) is 0 Å². The Morgan fingerprint density at radius 1 is 1.43 bits per heavy atom. The second-order valence-corrected chi connectivity index (χ2v) is 2.62. The van der Waals surface area contributed by atoms with E-state index in [0.29, 0.717) is 0 Å². The Kier molecular flexibility index (Phi) is 4.65. The van der Waals surface area contributed by atoms with Crippen molar-refractivity contribution in [1.82, 2.24) is 10.2 Å². The molecular weight excluding hydrogens is 204 g/mol. The first-order valence-electron chi connectivity index (χ1n) is 3.75. The molecule has 0 saturated carbocycles. The molecule has 1 heterocycles. The van der Waals surface area contributed by atoms with Gasteiger partial charge in [-0.1, -0.05) is 0 Å². The summed E-state index contributed by atoms with van der Waals surface area (Å²) >= 11 is 0. The van der Waals surface area contributed by atoms with Gasteiger partial charge in [-0.15, -0.1) is 17.5 Å². The fourth-order valence-electron chi connectivity index (χ4n) is 0.902. The molecule has 1 aromatic heterocycles. The molecule has 1 rings (SSSR count). The van der Waals surface area contributed by atoms with Gasteiger partial charge in [-0.3, -0.25) is 5.10 Å². The number of nitrogens with zero attached hydrogens (tertiary/aromatic N) is 3. The quantitative estimate of drug-likeness (QED) is 0.372. The van der Waals surface area contributed by atoms with Gasteiger partial charge >= 0.3 is 0 Å². The summed E-state index contributed by atoms with van der Waals surface area (Å²) < 4.78 is 0. The highest BCUT2D eigenvalue weighted by atomic mass is 35.5. The summed E-state index contributed by atoms with van der Waals surface area (Å²) in [5.41, 5.74) is 12.8. The number of aromatic amines is 1. The zero-order valence-electron chi connectivity index (χ0n) is 7.98. The summed E-state index contributed by atoms with van der Waals surface area (Å²) in [6, 6.07) is 0. The van der Waals surface area contributed by atoms with Gasteiger partial charge in [0.1, 0.15) is 0 Å². The fourth-order valence-corrected chi connectivity index (χ4v) is 0.902. The molecule has 0 aliphatic rings. The SMILES string of the molecule is CC(=NN=C(N)N)c1cn[nH]c1C.Cl. The zero-order chi connectivity index (χ0) is 9.84. The Morgan fingerprint density at radius 3 is 2.50 bits per heavy atom. The zero-order valence-corrected chi connectivity index (χ0v) is 8.80. The van der Waals surface area contributed by atoms with Crippen LogP contribution in [0.1, 0.15) is 18.2 Å². The van der Waals surface area contributed by atoms with E-state index >= 15 is 0 Å². The number of H-pyrrole nitrogens is 1. The van der Waals surface area contributed by atoms with Crippen LogP contribution in [0.5, 0.6) is 0 Å². The number of hydrogen-bond acceptors (Lipinski definition) is 3. The highest BCUT2D eigenvalue weighted by Crippen LogP contribution is 2.04. The number of halogens is 1. The number of rotatable bonds is 2. The summed E-state index contributed by atoms with van der Waals surface area (Å²) in [4.78, 5) is 0. The third kappa shape index (κ3) is 3.06. The van der Waals surface area contributed by atoms with Crippen molar-refractivity contribution >= 4 is 24.1 Å². The van der Waals surface area contributed by atoms with E-state index in [4.69, 9.17) is 11.5 Å². The third-order valence-electron chi connectivity index (χ3n) is 1.54. The van der Waals surface area contributed by atoms with E-state index in [0.717, 1.165) is 17.0 Å². The molecule has 0 radical (unpaired) electrons. The predicted octanol–water partition coefficient (Wildman–Crippen LogP) is 0.137. The van der Waals surface area contributed by atoms with Crippen LogP contribution in [-0.4, -0.2) is 21.9 Å². The van der Waals surface area contributed by atoms with Gasteiger partial charge in [-0.05, 0) is 13.8 Å². The van der Waals surface area contributed by atoms with E-state index < -0.39 is 0 Å². The fraction of sp³-hybridized carbons (Fsp3) is 0.286. The van der Waals surface area contributed by atoms with Crippen LogP contribution in [0.2, 0.25) is 0 Å². The standard InChI is InChI=1S/C7H12N6.ClH/c1-4-6(3-10-11-4)5(2)12-13-7(8)9;/h3H,1-2H3,(H,10,11)(H4,8,9,13);1H. The molecule has 1 aromatic rings. The molecule has 0 atom stereocenters. The van der Waals surface area contributed by atoms with Crippen molar-refractivity contribution in [2.75, 3.05) is 0 Å². The molecule has 0 aliphatic heterocycles. The number of aromatic nitrogens is 2. The normalized spacial score (nSPS) is 10.6. The first kappa shape index (κ1) is 12.4. The molecule has 78 valence electrons. The Balaban J connectivity index is 0.00000169. The number of nitrogens with one attached hydrogen (secondary N) is 1. The summed E-state index contributed by atoms with van der Waals surface area (Å²) in [7, 11) is 0. The second-order valence-electron chi connectivity index (χ2n) is 2.62. The maximum absolute atomic E-state index is 5.13. The van der Waals surface area contributed by atoms with Gasteiger partial charge in [0.05, 0.1) is 11.9 Å². The van der Waals surface area contributed by atoms with Gasteiger partial charge in [0.25, 0.3) is 0 Å². The van der Waals surface area contributed by atoms with Crippen molar-refractivity contribution in [3.8, 4) is 0 Å². The highest BCUT2D eigenvalue weighted by Gasteiger charge is 2.02. The van der Waals surface area contributed by atoms with Gasteiger partial charge in [0.15, 0.2) is 0 Å². The molecule has 0 aliphatic carbocycles. The molecule has 14 heavy (non-hydrogen) atoms. The van der Waals surface area contributed by atoms with E-state index in [1.54, 1.807) is 6.20 Å². The van der Waals surface area contributed by atoms with E-state index in [-0.39, 0.29) is 18.4 Å². The summed E-state index contributed by atoms with van der Waals surface area (Å²) in [6.07, 6.45) is 1.68. The van der Waals surface area contributed by atoms with Crippen molar-refractivity contribution in [3.63, 3.8) is 0 Å². The maximum atomic E-state index is 5.13. The van der Waals surface area contributed by atoms with Gasteiger partial charge in [-0.25, -0.2) is 0 Å². The molecule has 0 amide bonds. The van der Waals surface area contributed by atoms with Gasteiger partial charge < -0.3 is 11.5 Å². The number of nitrogens with two attached hydrogens (primary N) is 2. The Morgan fingerprint density at radius 2 is 2.07 bits per heavy atom. The molecule has 7 heteroatoms. The Hall–Kier alpha value is -1.56. The average Bonchev–Trinajstić information content (AvgIpc) is 2.47. The Bertz CT molecular complexity index is 349. The molecule has 0 saturated heterocycles. The largest absolute Gasteiger partial charge is 0.369 e. The number of aryl methyl sites for hydroxylation is 1. The van der Waals surface area contributed by atoms with Crippen LogP contribution < -0.4 is 11.5 Å². The monoisotopic (exact) mass is 216 g/mol. The van der Waals surface area contributed by atoms with Gasteiger partial charge in [-0.2, -0.15) is 10.2 Å². The topological polar surface area (TPSA) is 105 Å². The lowest BCUT2D eigenvalue weighted by atomic mass is 10.2. The smallest absolute Gasteiger partial charge is 0.211 e. The van der Waals surface area contributed by atoms with E-state index in [9.17, 15) is 0 Å². The summed E-state index contributed by atoms with van der Waals surface area (Å²) in [5.74, 6) is -0.0551. The molecule has 0 unspecified atom stereocenters. The van der Waals surface area contributed by atoms with Crippen LogP contribution in [0, 0.1) is 6.92 Å². The van der Waals surface area contributed by atoms with Crippen LogP contribution >= 0.6 is 12.4 Å². The van der Waals surface area contributed by atoms with Crippen LogP contribution in [0.15, 0.2) is 16.4 Å². The van der Waals surface area contributed by atoms with Gasteiger partial charge in [0, 0.05) is 11.3 Å². The van der Waals surface area contributed by atoms with E-state index in [1.807, 2.05) is 13.8 Å². The van der Waals surface area contributed by atoms with Crippen LogP contribution in [0.4, 0.5) is 0 Å². The molecular formula is C7H13ClN6. The minimum atomic E-state index is -0.0551. The van der Waals surface area contributed by atoms with Crippen LogP contribution in [0.25, 0.3) is 0 Å². The van der Waals surface area contributed by atoms with E-state index in [1.165, 1.54) is 0 Å². The number of hydrogen-bond donors (Lipinski definition) is 3. The lowest BCUT2D eigenvalue weighted by Gasteiger charge is -1.94. The first-order chi connectivity index (χ1) is 6.11. The highest BCUT2D eigenvalue weighted by molar-refractivity contribution is 5.99. The average molecular weight is 217 g/mol. The maximum Gasteiger partial charge on any atom is 0.211 e. The second kappa shape index (κ2) is 5.23. The lowest BCUT2D eigenvalue weighted by molar-refractivity contribution is 1.05. The molecule has 5 N–H and O–H groups in total.